The Morgan fingerprint density at radius 3 is 2.59 bits per heavy atom. The number of nitrogens with zero attached hydrogens (tertiary/aromatic N) is 2. The predicted octanol–water partition coefficient (Wildman–Crippen LogP) is 1.24. The fourth-order valence-electron chi connectivity index (χ4n) is 3.89. The number of likely N-dealkylation sites (N-methyl/N-ethyl adjacent to an activating group) is 1. The first kappa shape index (κ1) is 14.6. The van der Waals surface area contributed by atoms with E-state index in [2.05, 4.69) is 6.92 Å². The van der Waals surface area contributed by atoms with Crippen LogP contribution in [0, 0.1) is 0 Å². The summed E-state index contributed by atoms with van der Waals surface area (Å²) in [5, 5.41) is 8.89. The molecule has 2 aliphatic rings. The molecule has 2 aliphatic heterocycles. The quantitative estimate of drug-likeness (QED) is 0.657. The molecule has 0 aliphatic carbocycles. The van der Waals surface area contributed by atoms with E-state index in [0.29, 0.717) is 6.54 Å². The highest BCUT2D eigenvalue weighted by Gasteiger charge is 2.54. The first-order chi connectivity index (χ1) is 10.3. The number of rotatable bonds is 2. The van der Waals surface area contributed by atoms with E-state index in [1.165, 1.54) is 6.07 Å². The molecule has 6 heteroatoms. The summed E-state index contributed by atoms with van der Waals surface area (Å²) in [6, 6.07) is 4.98. The predicted molar refractivity (Wildman–Crippen MR) is 80.0 cm³/mol. The lowest BCUT2D eigenvalue weighted by Gasteiger charge is -2.34. The van der Waals surface area contributed by atoms with Crippen molar-refractivity contribution in [3.05, 3.63) is 29.3 Å². The van der Waals surface area contributed by atoms with E-state index < -0.39 is 11.8 Å². The molecule has 1 saturated heterocycles. The van der Waals surface area contributed by atoms with E-state index in [-0.39, 0.29) is 23.1 Å². The molecule has 0 radical (unpaired) electrons. The lowest BCUT2D eigenvalue weighted by atomic mass is 9.80. The summed E-state index contributed by atoms with van der Waals surface area (Å²) in [5.41, 5.74) is 1.78. The molecule has 116 valence electrons. The van der Waals surface area contributed by atoms with E-state index in [0.717, 1.165) is 17.7 Å². The molecule has 1 fully saturated rings. The Morgan fingerprint density at radius 2 is 2.00 bits per heavy atom. The van der Waals surface area contributed by atoms with Gasteiger partial charge in [0, 0.05) is 37.2 Å². The van der Waals surface area contributed by atoms with Crippen LogP contribution in [-0.2, 0) is 15.0 Å². The highest BCUT2D eigenvalue weighted by atomic mass is 16.4. The van der Waals surface area contributed by atoms with Crippen molar-refractivity contribution in [2.24, 2.45) is 0 Å². The number of carbonyl (C=O) groups excluding carboxylic acids is 2. The van der Waals surface area contributed by atoms with Gasteiger partial charge < -0.3 is 14.9 Å². The van der Waals surface area contributed by atoms with Gasteiger partial charge in [-0.15, -0.1) is 0 Å². The summed E-state index contributed by atoms with van der Waals surface area (Å²) in [4.78, 5) is 38.3. The summed E-state index contributed by atoms with van der Waals surface area (Å²) < 4.78 is 0. The molecule has 1 N–H and O–H groups in total. The van der Waals surface area contributed by atoms with E-state index >= 15 is 0 Å². The molecule has 0 spiro atoms. The number of aliphatic carboxylic acids is 1. The maximum absolute atomic E-state index is 11.9. The van der Waals surface area contributed by atoms with Gasteiger partial charge in [0.2, 0.25) is 5.91 Å². The lowest BCUT2D eigenvalue weighted by Crippen LogP contribution is -2.48. The van der Waals surface area contributed by atoms with Crippen LogP contribution in [0.25, 0.3) is 0 Å². The highest BCUT2D eigenvalue weighted by Crippen LogP contribution is 2.51. The summed E-state index contributed by atoms with van der Waals surface area (Å²) in [6.07, 6.45) is 0.703. The molecule has 2 unspecified atom stereocenters. The number of Topliss-reactive ketones (excluding diaryl/α,β-unsaturated/α-hetero) is 1. The average molecular weight is 302 g/mol. The van der Waals surface area contributed by atoms with Crippen LogP contribution in [0.1, 0.15) is 36.2 Å². The first-order valence-electron chi connectivity index (χ1n) is 7.19. The Bertz CT molecular complexity index is 699. The fourth-order valence-corrected chi connectivity index (χ4v) is 3.89. The number of hydrogen-bond donors (Lipinski definition) is 1. The summed E-state index contributed by atoms with van der Waals surface area (Å²) in [7, 11) is 1.93. The zero-order valence-corrected chi connectivity index (χ0v) is 12.8. The van der Waals surface area contributed by atoms with Crippen LogP contribution >= 0.6 is 0 Å². The van der Waals surface area contributed by atoms with E-state index in [1.54, 1.807) is 19.1 Å². The molecular weight excluding hydrogens is 284 g/mol. The number of fused-ring (bicyclic) bond motifs is 3. The van der Waals surface area contributed by atoms with Gasteiger partial charge in [-0.2, -0.15) is 0 Å². The monoisotopic (exact) mass is 302 g/mol. The molecule has 1 aromatic rings. The minimum absolute atomic E-state index is 0.0233. The van der Waals surface area contributed by atoms with Crippen molar-refractivity contribution >= 4 is 23.3 Å². The van der Waals surface area contributed by atoms with Gasteiger partial charge in [-0.25, -0.2) is 4.79 Å². The zero-order valence-electron chi connectivity index (χ0n) is 12.8. The normalized spacial score (nSPS) is 25.9. The van der Waals surface area contributed by atoms with Crippen LogP contribution in [0.15, 0.2) is 18.2 Å². The van der Waals surface area contributed by atoms with Gasteiger partial charge in [0.1, 0.15) is 6.17 Å². The minimum Gasteiger partial charge on any atom is -0.475 e. The Labute approximate surface area is 128 Å². The number of carboxylic acids is 1. The third kappa shape index (κ3) is 1.76. The largest absolute Gasteiger partial charge is 0.475 e. The van der Waals surface area contributed by atoms with Crippen molar-refractivity contribution in [2.45, 2.75) is 31.8 Å². The maximum Gasteiger partial charge on any atom is 0.377 e. The van der Waals surface area contributed by atoms with Gasteiger partial charge >= 0.3 is 5.97 Å². The minimum atomic E-state index is -1.45. The summed E-state index contributed by atoms with van der Waals surface area (Å²) >= 11 is 0. The van der Waals surface area contributed by atoms with Gasteiger partial charge in [0.25, 0.3) is 5.78 Å². The third-order valence-electron chi connectivity index (χ3n) is 4.96. The van der Waals surface area contributed by atoms with Crippen molar-refractivity contribution < 1.29 is 19.5 Å². The molecule has 0 saturated carbocycles. The number of anilines is 1. The number of likely N-dealkylation sites (tertiary alicyclic amines) is 1. The number of amides is 1. The topological polar surface area (TPSA) is 77.9 Å². The van der Waals surface area contributed by atoms with Crippen molar-refractivity contribution in [3.8, 4) is 0 Å². The second-order valence-electron chi connectivity index (χ2n) is 6.23. The van der Waals surface area contributed by atoms with Crippen LogP contribution in [0.4, 0.5) is 5.69 Å². The van der Waals surface area contributed by atoms with Crippen molar-refractivity contribution in [1.29, 1.82) is 0 Å². The number of benzene rings is 1. The van der Waals surface area contributed by atoms with Crippen LogP contribution < -0.4 is 4.90 Å². The second kappa shape index (κ2) is 4.56. The molecule has 3 rings (SSSR count). The van der Waals surface area contributed by atoms with E-state index in [4.69, 9.17) is 5.11 Å². The fraction of sp³-hybridized carbons (Fsp3) is 0.438. The number of carbonyl (C=O) groups is 3. The maximum atomic E-state index is 11.9. The molecule has 2 heterocycles. The lowest BCUT2D eigenvalue weighted by molar-refractivity contribution is -0.132. The molecule has 1 aromatic carbocycles. The van der Waals surface area contributed by atoms with Crippen molar-refractivity contribution in [1.82, 2.24) is 4.90 Å². The van der Waals surface area contributed by atoms with Crippen molar-refractivity contribution in [3.63, 3.8) is 0 Å². The van der Waals surface area contributed by atoms with Crippen LogP contribution in [0.5, 0.6) is 0 Å². The average Bonchev–Trinajstić information content (AvgIpc) is 2.92. The summed E-state index contributed by atoms with van der Waals surface area (Å²) in [5.74, 6) is -2.33. The van der Waals surface area contributed by atoms with Crippen LogP contribution in [0.2, 0.25) is 0 Å². The number of ketones is 1. The van der Waals surface area contributed by atoms with Crippen molar-refractivity contribution in [2.75, 3.05) is 18.5 Å². The Kier molecular flexibility index (Phi) is 3.02. The number of hydrogen-bond acceptors (Lipinski definition) is 4. The van der Waals surface area contributed by atoms with Gasteiger partial charge in [0.15, 0.2) is 0 Å². The smallest absolute Gasteiger partial charge is 0.377 e. The molecule has 22 heavy (non-hydrogen) atoms. The third-order valence-corrected chi connectivity index (χ3v) is 4.96. The van der Waals surface area contributed by atoms with Gasteiger partial charge in [-0.05, 0) is 30.2 Å². The SMILES string of the molecule is CC(=O)N1CCC2(C)c3cc(C(=O)C(=O)O)ccc3N(C)C12. The van der Waals surface area contributed by atoms with E-state index in [1.807, 2.05) is 16.8 Å². The van der Waals surface area contributed by atoms with E-state index in [9.17, 15) is 14.4 Å². The molecule has 2 atom stereocenters. The van der Waals surface area contributed by atoms with Gasteiger partial charge in [-0.1, -0.05) is 6.92 Å². The first-order valence-corrected chi connectivity index (χ1v) is 7.19. The van der Waals surface area contributed by atoms with Gasteiger partial charge in [0.05, 0.1) is 0 Å². The summed E-state index contributed by atoms with van der Waals surface area (Å²) in [6.45, 7) is 4.29. The van der Waals surface area contributed by atoms with Gasteiger partial charge in [-0.3, -0.25) is 9.59 Å². The second-order valence-corrected chi connectivity index (χ2v) is 6.23. The highest BCUT2D eigenvalue weighted by molar-refractivity contribution is 6.39. The Hall–Kier alpha value is -2.37. The molecule has 0 aromatic heterocycles. The Balaban J connectivity index is 2.10. The number of carboxylic acid groups (broad SMARTS) is 1. The standard InChI is InChI=1S/C16H18N2O4/c1-9(19)18-7-6-16(2)11-8-10(13(20)14(21)22)4-5-12(11)17(3)15(16)18/h4-5,8,15H,6-7H2,1-3H3,(H,21,22). The Morgan fingerprint density at radius 1 is 1.32 bits per heavy atom. The zero-order chi connectivity index (χ0) is 16.2. The molecule has 0 bridgehead atoms. The molecular formula is C16H18N2O4. The van der Waals surface area contributed by atoms with Crippen LogP contribution in [0.3, 0.4) is 0 Å². The molecule has 6 nitrogen and oxygen atoms in total. The van der Waals surface area contributed by atoms with Crippen LogP contribution in [-0.4, -0.2) is 47.4 Å². The molecule has 1 amide bonds.